The lowest BCUT2D eigenvalue weighted by Crippen LogP contribution is -2.25. The summed E-state index contributed by atoms with van der Waals surface area (Å²) in [4.78, 5) is 0. The molecule has 0 amide bonds. The third-order valence-electron chi connectivity index (χ3n) is 4.09. The maximum Gasteiger partial charge on any atom is 0.0945 e. The number of fused-ring (bicyclic) bond motifs is 1. The van der Waals surface area contributed by atoms with Crippen molar-refractivity contribution in [2.75, 3.05) is 25.1 Å². The van der Waals surface area contributed by atoms with Crippen LogP contribution in [0.4, 0.5) is 5.69 Å². The van der Waals surface area contributed by atoms with Crippen molar-refractivity contribution in [3.05, 3.63) is 29.3 Å². The SMILES string of the molecule is CCCCCCOCC(O)CNc1ccc2c(c1)CCC2. The Bertz CT molecular complexity index is 420. The van der Waals surface area contributed by atoms with Gasteiger partial charge in [0.2, 0.25) is 0 Å². The molecule has 0 spiro atoms. The zero-order valence-electron chi connectivity index (χ0n) is 13.2. The highest BCUT2D eigenvalue weighted by atomic mass is 16.5. The quantitative estimate of drug-likeness (QED) is 0.648. The van der Waals surface area contributed by atoms with Gasteiger partial charge in [0, 0.05) is 18.8 Å². The van der Waals surface area contributed by atoms with Gasteiger partial charge in [0.05, 0.1) is 12.7 Å². The van der Waals surface area contributed by atoms with Crippen LogP contribution >= 0.6 is 0 Å². The van der Waals surface area contributed by atoms with Gasteiger partial charge in [-0.3, -0.25) is 0 Å². The molecule has 0 radical (unpaired) electrons. The fraction of sp³-hybridized carbons (Fsp3) is 0.667. The van der Waals surface area contributed by atoms with Crippen molar-refractivity contribution in [2.45, 2.75) is 58.0 Å². The number of aryl methyl sites for hydroxylation is 2. The van der Waals surface area contributed by atoms with Crippen LogP contribution in [0.5, 0.6) is 0 Å². The summed E-state index contributed by atoms with van der Waals surface area (Å²) in [5, 5.41) is 13.2. The number of nitrogens with one attached hydrogen (secondary N) is 1. The normalized spacial score (nSPS) is 15.0. The maximum atomic E-state index is 9.92. The predicted molar refractivity (Wildman–Crippen MR) is 87.9 cm³/mol. The Hall–Kier alpha value is -1.06. The molecule has 0 saturated carbocycles. The molecular formula is C18H29NO2. The third-order valence-corrected chi connectivity index (χ3v) is 4.09. The van der Waals surface area contributed by atoms with Crippen LogP contribution in [0.25, 0.3) is 0 Å². The fourth-order valence-electron chi connectivity index (χ4n) is 2.83. The number of rotatable bonds is 10. The van der Waals surface area contributed by atoms with E-state index in [1.54, 1.807) is 0 Å². The number of aliphatic hydroxyl groups excluding tert-OH is 1. The van der Waals surface area contributed by atoms with Crippen molar-refractivity contribution in [1.29, 1.82) is 0 Å². The molecule has 0 heterocycles. The summed E-state index contributed by atoms with van der Waals surface area (Å²) in [5.74, 6) is 0. The molecule has 0 fully saturated rings. The van der Waals surface area contributed by atoms with E-state index in [0.29, 0.717) is 13.2 Å². The minimum Gasteiger partial charge on any atom is -0.389 e. The molecule has 21 heavy (non-hydrogen) atoms. The van der Waals surface area contributed by atoms with E-state index >= 15 is 0 Å². The number of hydrogen-bond donors (Lipinski definition) is 2. The zero-order valence-corrected chi connectivity index (χ0v) is 13.2. The number of hydrogen-bond acceptors (Lipinski definition) is 3. The van der Waals surface area contributed by atoms with E-state index in [2.05, 4.69) is 30.4 Å². The van der Waals surface area contributed by atoms with Crippen molar-refractivity contribution in [3.8, 4) is 0 Å². The molecule has 2 rings (SSSR count). The number of aliphatic hydroxyl groups is 1. The van der Waals surface area contributed by atoms with E-state index < -0.39 is 6.10 Å². The molecule has 1 unspecified atom stereocenters. The smallest absolute Gasteiger partial charge is 0.0945 e. The monoisotopic (exact) mass is 291 g/mol. The van der Waals surface area contributed by atoms with Crippen LogP contribution < -0.4 is 5.32 Å². The Morgan fingerprint density at radius 2 is 2.05 bits per heavy atom. The van der Waals surface area contributed by atoms with Gasteiger partial charge in [-0.2, -0.15) is 0 Å². The highest BCUT2D eigenvalue weighted by Gasteiger charge is 2.11. The summed E-state index contributed by atoms with van der Waals surface area (Å²) < 4.78 is 5.51. The summed E-state index contributed by atoms with van der Waals surface area (Å²) in [5.41, 5.74) is 4.05. The minimum atomic E-state index is -0.440. The first-order chi connectivity index (χ1) is 10.3. The molecule has 1 aromatic carbocycles. The van der Waals surface area contributed by atoms with E-state index in [9.17, 15) is 5.11 Å². The van der Waals surface area contributed by atoms with Crippen LogP contribution in [-0.4, -0.2) is 31.0 Å². The van der Waals surface area contributed by atoms with E-state index in [-0.39, 0.29) is 0 Å². The van der Waals surface area contributed by atoms with Crippen molar-refractivity contribution < 1.29 is 9.84 Å². The number of unbranched alkanes of at least 4 members (excludes halogenated alkanes) is 3. The maximum absolute atomic E-state index is 9.92. The van der Waals surface area contributed by atoms with Crippen LogP contribution in [0, 0.1) is 0 Å². The van der Waals surface area contributed by atoms with Gasteiger partial charge in [0.25, 0.3) is 0 Å². The molecule has 0 saturated heterocycles. The van der Waals surface area contributed by atoms with Crippen molar-refractivity contribution in [1.82, 2.24) is 0 Å². The second-order valence-electron chi connectivity index (χ2n) is 6.01. The van der Waals surface area contributed by atoms with Crippen LogP contribution in [0.1, 0.15) is 50.2 Å². The first-order valence-corrected chi connectivity index (χ1v) is 8.41. The average molecular weight is 291 g/mol. The summed E-state index contributed by atoms with van der Waals surface area (Å²) >= 11 is 0. The first kappa shape index (κ1) is 16.3. The molecule has 3 nitrogen and oxygen atoms in total. The molecule has 118 valence electrons. The van der Waals surface area contributed by atoms with Gasteiger partial charge in [-0.25, -0.2) is 0 Å². The topological polar surface area (TPSA) is 41.5 Å². The number of anilines is 1. The molecule has 1 aliphatic carbocycles. The molecule has 0 aliphatic heterocycles. The van der Waals surface area contributed by atoms with E-state index in [4.69, 9.17) is 4.74 Å². The molecule has 1 aliphatic rings. The molecule has 0 aromatic heterocycles. The van der Waals surface area contributed by atoms with Crippen LogP contribution in [0.3, 0.4) is 0 Å². The van der Waals surface area contributed by atoms with Gasteiger partial charge in [-0.05, 0) is 48.9 Å². The molecule has 3 heteroatoms. The number of ether oxygens (including phenoxy) is 1. The van der Waals surface area contributed by atoms with E-state index in [1.165, 1.54) is 49.7 Å². The zero-order chi connectivity index (χ0) is 14.9. The van der Waals surface area contributed by atoms with Crippen LogP contribution in [-0.2, 0) is 17.6 Å². The number of benzene rings is 1. The van der Waals surface area contributed by atoms with Gasteiger partial charge in [-0.15, -0.1) is 0 Å². The molecule has 1 atom stereocenters. The lowest BCUT2D eigenvalue weighted by atomic mass is 10.1. The summed E-state index contributed by atoms with van der Waals surface area (Å²) in [7, 11) is 0. The highest BCUT2D eigenvalue weighted by molar-refractivity contribution is 5.50. The molecule has 1 aromatic rings. The Balaban J connectivity index is 1.59. The van der Waals surface area contributed by atoms with Gasteiger partial charge in [-0.1, -0.05) is 32.3 Å². The molecule has 2 N–H and O–H groups in total. The Kier molecular flexibility index (Phi) is 7.04. The van der Waals surface area contributed by atoms with Crippen molar-refractivity contribution in [3.63, 3.8) is 0 Å². The Labute approximate surface area is 128 Å². The average Bonchev–Trinajstić information content (AvgIpc) is 2.96. The van der Waals surface area contributed by atoms with Crippen molar-refractivity contribution >= 4 is 5.69 Å². The van der Waals surface area contributed by atoms with Crippen LogP contribution in [0.2, 0.25) is 0 Å². The fourth-order valence-corrected chi connectivity index (χ4v) is 2.83. The molecular weight excluding hydrogens is 262 g/mol. The predicted octanol–water partition coefficient (Wildman–Crippen LogP) is 3.55. The Morgan fingerprint density at radius 1 is 1.19 bits per heavy atom. The van der Waals surface area contributed by atoms with E-state index in [1.807, 2.05) is 0 Å². The second kappa shape index (κ2) is 9.06. The van der Waals surface area contributed by atoms with Gasteiger partial charge in [0.15, 0.2) is 0 Å². The first-order valence-electron chi connectivity index (χ1n) is 8.41. The minimum absolute atomic E-state index is 0.421. The largest absolute Gasteiger partial charge is 0.389 e. The summed E-state index contributed by atoms with van der Waals surface area (Å²) in [6.07, 6.45) is 8.06. The highest BCUT2D eigenvalue weighted by Crippen LogP contribution is 2.24. The van der Waals surface area contributed by atoms with Gasteiger partial charge < -0.3 is 15.2 Å². The summed E-state index contributed by atoms with van der Waals surface area (Å²) in [6, 6.07) is 6.55. The lowest BCUT2D eigenvalue weighted by Gasteiger charge is -2.14. The van der Waals surface area contributed by atoms with Crippen LogP contribution in [0.15, 0.2) is 18.2 Å². The standard InChI is InChI=1S/C18H29NO2/c1-2-3-4-5-11-21-14-18(20)13-19-17-10-9-15-7-6-8-16(15)12-17/h9-10,12,18-20H,2-8,11,13-14H2,1H3. The van der Waals surface area contributed by atoms with E-state index in [0.717, 1.165) is 18.7 Å². The Morgan fingerprint density at radius 3 is 2.90 bits per heavy atom. The second-order valence-corrected chi connectivity index (χ2v) is 6.01. The third kappa shape index (κ3) is 5.68. The van der Waals surface area contributed by atoms with Crippen molar-refractivity contribution in [2.24, 2.45) is 0 Å². The summed E-state index contributed by atoms with van der Waals surface area (Å²) in [6.45, 7) is 3.93. The lowest BCUT2D eigenvalue weighted by molar-refractivity contribution is 0.0417. The van der Waals surface area contributed by atoms with Gasteiger partial charge >= 0.3 is 0 Å². The van der Waals surface area contributed by atoms with Gasteiger partial charge in [0.1, 0.15) is 0 Å². The molecule has 0 bridgehead atoms.